The Balaban J connectivity index is 1.46. The molecule has 2 atom stereocenters. The zero-order valence-electron chi connectivity index (χ0n) is 18.4. The maximum atomic E-state index is 13.0. The van der Waals surface area contributed by atoms with E-state index in [0.29, 0.717) is 15.8 Å². The number of rotatable bonds is 7. The Kier molecular flexibility index (Phi) is 6.95. The first-order valence-corrected chi connectivity index (χ1v) is 11.6. The minimum atomic E-state index is -0.728. The Bertz CT molecular complexity index is 1250. The van der Waals surface area contributed by atoms with Crippen LogP contribution in [0.1, 0.15) is 20.3 Å². The van der Waals surface area contributed by atoms with E-state index in [9.17, 15) is 9.59 Å². The quantitative estimate of drug-likeness (QED) is 0.338. The van der Waals surface area contributed by atoms with Gasteiger partial charge in [-0.25, -0.2) is 4.79 Å². The highest BCUT2D eigenvalue weighted by Crippen LogP contribution is 2.26. The van der Waals surface area contributed by atoms with Gasteiger partial charge in [0.25, 0.3) is 0 Å². The molecule has 3 amide bonds. The summed E-state index contributed by atoms with van der Waals surface area (Å²) < 4.78 is 0. The standard InChI is InChI=1S/C25H25N5O2S/c1-3-16(2)21(22(31)28-25-30-29-23(33-25)18-11-5-4-6-12-18)27-24(32)26-20-15-9-13-17-10-7-8-14-19(17)20/h4-16,21H,3H2,1-2H3,(H2,26,27,32)(H,28,30,31)/t16-,21-/m1/s1. The van der Waals surface area contributed by atoms with E-state index >= 15 is 0 Å². The van der Waals surface area contributed by atoms with Gasteiger partial charge in [0.05, 0.1) is 5.69 Å². The smallest absolute Gasteiger partial charge is 0.319 e. The molecule has 3 N–H and O–H groups in total. The first-order valence-electron chi connectivity index (χ1n) is 10.8. The molecule has 0 aliphatic rings. The highest BCUT2D eigenvalue weighted by molar-refractivity contribution is 7.18. The minimum Gasteiger partial charge on any atom is -0.326 e. The molecule has 7 nitrogen and oxygen atoms in total. The van der Waals surface area contributed by atoms with Crippen LogP contribution < -0.4 is 16.0 Å². The topological polar surface area (TPSA) is 96.0 Å². The Morgan fingerprint density at radius 1 is 0.909 bits per heavy atom. The lowest BCUT2D eigenvalue weighted by atomic mass is 9.98. The molecule has 1 aromatic heterocycles. The number of carbonyl (C=O) groups excluding carboxylic acids is 2. The fourth-order valence-corrected chi connectivity index (χ4v) is 4.24. The summed E-state index contributed by atoms with van der Waals surface area (Å²) >= 11 is 1.29. The van der Waals surface area contributed by atoms with Crippen molar-refractivity contribution in [3.05, 3.63) is 72.8 Å². The van der Waals surface area contributed by atoms with E-state index in [0.717, 1.165) is 22.8 Å². The largest absolute Gasteiger partial charge is 0.326 e. The van der Waals surface area contributed by atoms with Crippen LogP contribution in [-0.2, 0) is 4.79 Å². The summed E-state index contributed by atoms with van der Waals surface area (Å²) in [5.41, 5.74) is 1.62. The first kappa shape index (κ1) is 22.4. The molecule has 0 aliphatic heterocycles. The number of urea groups is 1. The van der Waals surface area contributed by atoms with Gasteiger partial charge in [-0.1, -0.05) is 98.3 Å². The van der Waals surface area contributed by atoms with Crippen molar-refractivity contribution in [1.82, 2.24) is 15.5 Å². The number of hydrogen-bond donors (Lipinski definition) is 3. The zero-order valence-corrected chi connectivity index (χ0v) is 19.2. The number of hydrogen-bond acceptors (Lipinski definition) is 5. The maximum Gasteiger partial charge on any atom is 0.319 e. The zero-order chi connectivity index (χ0) is 23.2. The number of nitrogens with one attached hydrogen (secondary N) is 3. The van der Waals surface area contributed by atoms with Gasteiger partial charge in [0, 0.05) is 10.9 Å². The highest BCUT2D eigenvalue weighted by atomic mass is 32.1. The second-order valence-corrected chi connectivity index (χ2v) is 8.73. The van der Waals surface area contributed by atoms with E-state index < -0.39 is 12.1 Å². The molecule has 0 saturated heterocycles. The molecule has 168 valence electrons. The summed E-state index contributed by atoms with van der Waals surface area (Å²) in [4.78, 5) is 25.8. The van der Waals surface area contributed by atoms with Gasteiger partial charge in [-0.2, -0.15) is 0 Å². The molecule has 4 rings (SSSR count). The summed E-state index contributed by atoms with van der Waals surface area (Å²) in [6.45, 7) is 3.91. The molecular weight excluding hydrogens is 434 g/mol. The van der Waals surface area contributed by atoms with Crippen LogP contribution in [0.3, 0.4) is 0 Å². The van der Waals surface area contributed by atoms with Gasteiger partial charge in [0.15, 0.2) is 0 Å². The number of aromatic nitrogens is 2. The van der Waals surface area contributed by atoms with Gasteiger partial charge >= 0.3 is 6.03 Å². The van der Waals surface area contributed by atoms with Crippen molar-refractivity contribution in [1.29, 1.82) is 0 Å². The van der Waals surface area contributed by atoms with Crippen molar-refractivity contribution in [3.63, 3.8) is 0 Å². The first-order chi connectivity index (χ1) is 16.0. The molecule has 0 aliphatic carbocycles. The molecule has 0 fully saturated rings. The van der Waals surface area contributed by atoms with E-state index in [-0.39, 0.29) is 11.8 Å². The van der Waals surface area contributed by atoms with Crippen molar-refractivity contribution >= 4 is 44.9 Å². The predicted molar refractivity (Wildman–Crippen MR) is 133 cm³/mol. The van der Waals surface area contributed by atoms with Crippen molar-refractivity contribution in [2.24, 2.45) is 5.92 Å². The number of amides is 3. The van der Waals surface area contributed by atoms with Crippen LogP contribution >= 0.6 is 11.3 Å². The Morgan fingerprint density at radius 3 is 2.42 bits per heavy atom. The number of fused-ring (bicyclic) bond motifs is 1. The second-order valence-electron chi connectivity index (χ2n) is 7.76. The number of carbonyl (C=O) groups is 2. The van der Waals surface area contributed by atoms with Crippen LogP contribution in [0.15, 0.2) is 72.8 Å². The Hall–Kier alpha value is -3.78. The average molecular weight is 460 g/mol. The van der Waals surface area contributed by atoms with Crippen LogP contribution in [0, 0.1) is 5.92 Å². The second kappa shape index (κ2) is 10.2. The SMILES string of the molecule is CC[C@@H](C)[C@@H](NC(=O)Nc1cccc2ccccc12)C(=O)Nc1nnc(-c2ccccc2)s1. The highest BCUT2D eigenvalue weighted by Gasteiger charge is 2.27. The van der Waals surface area contributed by atoms with Crippen molar-refractivity contribution in [3.8, 4) is 10.6 Å². The molecule has 8 heteroatoms. The van der Waals surface area contributed by atoms with Gasteiger partial charge < -0.3 is 10.6 Å². The Morgan fingerprint density at radius 2 is 1.64 bits per heavy atom. The predicted octanol–water partition coefficient (Wildman–Crippen LogP) is 5.53. The van der Waals surface area contributed by atoms with Crippen LogP contribution in [0.25, 0.3) is 21.3 Å². The molecule has 4 aromatic rings. The van der Waals surface area contributed by atoms with Crippen LogP contribution in [-0.4, -0.2) is 28.2 Å². The van der Waals surface area contributed by atoms with Gasteiger partial charge in [-0.05, 0) is 17.4 Å². The number of nitrogens with zero attached hydrogens (tertiary/aromatic N) is 2. The van der Waals surface area contributed by atoms with Gasteiger partial charge in [-0.3, -0.25) is 10.1 Å². The number of anilines is 2. The lowest BCUT2D eigenvalue weighted by Crippen LogP contribution is -2.49. The fraction of sp³-hybridized carbons (Fsp3) is 0.200. The van der Waals surface area contributed by atoms with Crippen molar-refractivity contribution in [2.45, 2.75) is 26.3 Å². The summed E-state index contributed by atoms with van der Waals surface area (Å²) in [7, 11) is 0. The molecule has 0 bridgehead atoms. The molecule has 1 heterocycles. The summed E-state index contributed by atoms with van der Waals surface area (Å²) in [5, 5.41) is 19.8. The summed E-state index contributed by atoms with van der Waals surface area (Å²) in [5.74, 6) is -0.405. The summed E-state index contributed by atoms with van der Waals surface area (Å²) in [6.07, 6.45) is 0.720. The molecule has 33 heavy (non-hydrogen) atoms. The minimum absolute atomic E-state index is 0.0789. The monoisotopic (exact) mass is 459 g/mol. The van der Waals surface area contributed by atoms with Gasteiger partial charge in [0.2, 0.25) is 11.0 Å². The third-order valence-electron chi connectivity index (χ3n) is 5.50. The van der Waals surface area contributed by atoms with Crippen LogP contribution in [0.2, 0.25) is 0 Å². The maximum absolute atomic E-state index is 13.0. The Labute approximate surface area is 196 Å². The lowest BCUT2D eigenvalue weighted by molar-refractivity contribution is -0.119. The van der Waals surface area contributed by atoms with E-state index in [1.807, 2.05) is 86.6 Å². The molecule has 0 unspecified atom stereocenters. The molecule has 0 radical (unpaired) electrons. The van der Waals surface area contributed by atoms with E-state index in [1.54, 1.807) is 0 Å². The third kappa shape index (κ3) is 5.35. The van der Waals surface area contributed by atoms with Crippen molar-refractivity contribution in [2.75, 3.05) is 10.6 Å². The van der Waals surface area contributed by atoms with Crippen molar-refractivity contribution < 1.29 is 9.59 Å². The number of benzene rings is 3. The molecule has 3 aromatic carbocycles. The summed E-state index contributed by atoms with van der Waals surface area (Å²) in [6, 6.07) is 22.0. The third-order valence-corrected chi connectivity index (χ3v) is 6.38. The van der Waals surface area contributed by atoms with Gasteiger partial charge in [-0.15, -0.1) is 10.2 Å². The average Bonchev–Trinajstić information content (AvgIpc) is 3.31. The fourth-order valence-electron chi connectivity index (χ4n) is 3.49. The lowest BCUT2D eigenvalue weighted by Gasteiger charge is -2.23. The normalized spacial score (nSPS) is 12.7. The molecular formula is C25H25N5O2S. The van der Waals surface area contributed by atoms with E-state index in [2.05, 4.69) is 26.1 Å². The molecule has 0 saturated carbocycles. The van der Waals surface area contributed by atoms with Gasteiger partial charge in [0.1, 0.15) is 11.0 Å². The molecule has 0 spiro atoms. The van der Waals surface area contributed by atoms with Crippen LogP contribution in [0.4, 0.5) is 15.6 Å². The van der Waals surface area contributed by atoms with Crippen LogP contribution in [0.5, 0.6) is 0 Å². The van der Waals surface area contributed by atoms with E-state index in [4.69, 9.17) is 0 Å². The van der Waals surface area contributed by atoms with E-state index in [1.165, 1.54) is 11.3 Å².